The number of hydrazine groups is 1. The fraction of sp³-hybridized carbons (Fsp3) is 0.500. The zero-order chi connectivity index (χ0) is 15.9. The van der Waals surface area contributed by atoms with Crippen LogP contribution in [0, 0.1) is 0 Å². The van der Waals surface area contributed by atoms with Crippen LogP contribution in [0.3, 0.4) is 0 Å². The average molecular weight is 408 g/mol. The van der Waals surface area contributed by atoms with E-state index in [1.54, 1.807) is 18.2 Å². The van der Waals surface area contributed by atoms with Crippen LogP contribution in [0.25, 0.3) is 0 Å². The van der Waals surface area contributed by atoms with Gasteiger partial charge in [-0.2, -0.15) is 0 Å². The summed E-state index contributed by atoms with van der Waals surface area (Å²) in [5.41, 5.74) is 6.94. The van der Waals surface area contributed by atoms with E-state index in [4.69, 9.17) is 23.2 Å². The van der Waals surface area contributed by atoms with Gasteiger partial charge in [0.05, 0.1) is 28.3 Å². The number of amides is 1. The molecule has 1 aromatic rings. The van der Waals surface area contributed by atoms with Gasteiger partial charge in [-0.05, 0) is 34.5 Å². The Bertz CT molecular complexity index is 602. The quantitative estimate of drug-likeness (QED) is 0.584. The number of carbonyl (C=O) groups excluding carboxylic acids is 1. The van der Waals surface area contributed by atoms with E-state index in [-0.39, 0.29) is 16.6 Å². The molecule has 1 amide bonds. The highest BCUT2D eigenvalue weighted by Gasteiger charge is 2.46. The minimum Gasteiger partial charge on any atom is -0.334 e. The fourth-order valence-electron chi connectivity index (χ4n) is 2.91. The van der Waals surface area contributed by atoms with E-state index in [2.05, 4.69) is 38.6 Å². The van der Waals surface area contributed by atoms with Gasteiger partial charge in [0.15, 0.2) is 0 Å². The highest BCUT2D eigenvalue weighted by atomic mass is 79.9. The Morgan fingerprint density at radius 3 is 2.95 bits per heavy atom. The maximum Gasteiger partial charge on any atom is 0.255 e. The summed E-state index contributed by atoms with van der Waals surface area (Å²) in [6.07, 6.45) is 0.972. The van der Waals surface area contributed by atoms with E-state index in [9.17, 15) is 4.79 Å². The van der Waals surface area contributed by atoms with Gasteiger partial charge in [0, 0.05) is 13.1 Å². The first kappa shape index (κ1) is 16.5. The van der Waals surface area contributed by atoms with Crippen molar-refractivity contribution in [2.45, 2.75) is 24.1 Å². The summed E-state index contributed by atoms with van der Waals surface area (Å²) in [7, 11) is 0. The van der Waals surface area contributed by atoms with Gasteiger partial charge in [-0.3, -0.25) is 9.69 Å². The second-order valence-corrected chi connectivity index (χ2v) is 7.54. The molecule has 0 saturated carbocycles. The summed E-state index contributed by atoms with van der Waals surface area (Å²) in [4.78, 5) is 16.8. The molecule has 2 fully saturated rings. The Morgan fingerprint density at radius 1 is 1.45 bits per heavy atom. The second kappa shape index (κ2) is 6.26. The van der Waals surface area contributed by atoms with Crippen LogP contribution in [-0.4, -0.2) is 46.1 Å². The van der Waals surface area contributed by atoms with Crippen molar-refractivity contribution in [1.82, 2.24) is 20.7 Å². The van der Waals surface area contributed by atoms with Crippen molar-refractivity contribution in [1.29, 1.82) is 0 Å². The predicted molar refractivity (Wildman–Crippen MR) is 91.1 cm³/mol. The molecule has 0 bridgehead atoms. The van der Waals surface area contributed by atoms with Gasteiger partial charge >= 0.3 is 0 Å². The molecule has 0 spiro atoms. The van der Waals surface area contributed by atoms with Crippen molar-refractivity contribution in [3.63, 3.8) is 0 Å². The number of fused-ring (bicyclic) bond motifs is 1. The van der Waals surface area contributed by atoms with Crippen molar-refractivity contribution in [3.05, 3.63) is 33.8 Å². The van der Waals surface area contributed by atoms with Crippen LogP contribution in [0.2, 0.25) is 10.0 Å². The molecule has 2 aliphatic heterocycles. The highest BCUT2D eigenvalue weighted by Crippen LogP contribution is 2.32. The van der Waals surface area contributed by atoms with Crippen molar-refractivity contribution in [2.24, 2.45) is 0 Å². The zero-order valence-electron chi connectivity index (χ0n) is 12.1. The Labute approximate surface area is 148 Å². The topological polar surface area (TPSA) is 47.6 Å². The molecule has 22 heavy (non-hydrogen) atoms. The van der Waals surface area contributed by atoms with Crippen LogP contribution in [0.5, 0.6) is 0 Å². The molecule has 3 rings (SSSR count). The molecule has 8 heteroatoms. The van der Waals surface area contributed by atoms with Gasteiger partial charge in [0.25, 0.3) is 5.91 Å². The van der Waals surface area contributed by atoms with Gasteiger partial charge in [0.2, 0.25) is 0 Å². The number of rotatable bonds is 2. The number of halogens is 3. The first-order chi connectivity index (χ1) is 10.5. The number of benzene rings is 1. The van der Waals surface area contributed by atoms with Gasteiger partial charge < -0.3 is 4.90 Å². The largest absolute Gasteiger partial charge is 0.334 e. The lowest BCUT2D eigenvalue weighted by Crippen LogP contribution is -2.58. The molecule has 0 aliphatic carbocycles. The monoisotopic (exact) mass is 406 g/mol. The molecule has 0 radical (unpaired) electrons. The number of nitrogens with zero attached hydrogens (tertiary/aromatic N) is 2. The molecule has 2 aliphatic rings. The third kappa shape index (κ3) is 2.77. The predicted octanol–water partition coefficient (Wildman–Crippen LogP) is 2.64. The molecule has 1 aromatic carbocycles. The first-order valence-electron chi connectivity index (χ1n) is 7.18. The Hall–Kier alpha value is -0.370. The standard InChI is InChI=1S/C14H17BrCl2N4O/c1-2-14(15)19-18-11-8-20(6-7-21(11)14)13(22)9-4-3-5-10(16)12(9)17/h3-5,11,18-19H,2,6-8H2,1H3. The molecular weight excluding hydrogens is 391 g/mol. The third-order valence-corrected chi connectivity index (χ3v) is 6.24. The first-order valence-corrected chi connectivity index (χ1v) is 8.73. The van der Waals surface area contributed by atoms with Crippen molar-refractivity contribution in [2.75, 3.05) is 19.6 Å². The number of alkyl halides is 1. The molecule has 120 valence electrons. The summed E-state index contributed by atoms with van der Waals surface area (Å²) in [6.45, 7) is 4.11. The average Bonchev–Trinajstić information content (AvgIpc) is 2.87. The summed E-state index contributed by atoms with van der Waals surface area (Å²) in [6, 6.07) is 5.14. The summed E-state index contributed by atoms with van der Waals surface area (Å²) in [5, 5.41) is 0.717. The normalized spacial score (nSPS) is 28.7. The zero-order valence-corrected chi connectivity index (χ0v) is 15.2. The van der Waals surface area contributed by atoms with E-state index >= 15 is 0 Å². The Morgan fingerprint density at radius 2 is 2.23 bits per heavy atom. The molecule has 2 heterocycles. The summed E-state index contributed by atoms with van der Waals surface area (Å²) in [5.74, 6) is -0.0856. The van der Waals surface area contributed by atoms with Crippen LogP contribution < -0.4 is 10.9 Å². The number of carbonyl (C=O) groups is 1. The van der Waals surface area contributed by atoms with Crippen LogP contribution in [0.4, 0.5) is 0 Å². The number of hydrogen-bond acceptors (Lipinski definition) is 4. The Kier molecular flexibility index (Phi) is 4.69. The number of hydrogen-bond donors (Lipinski definition) is 2. The van der Waals surface area contributed by atoms with Crippen LogP contribution >= 0.6 is 39.1 Å². The van der Waals surface area contributed by atoms with Crippen molar-refractivity contribution in [3.8, 4) is 0 Å². The molecule has 5 nitrogen and oxygen atoms in total. The van der Waals surface area contributed by atoms with E-state index in [1.165, 1.54) is 0 Å². The van der Waals surface area contributed by atoms with Crippen LogP contribution in [0.15, 0.2) is 18.2 Å². The van der Waals surface area contributed by atoms with E-state index < -0.39 is 0 Å². The van der Waals surface area contributed by atoms with E-state index in [1.807, 2.05) is 4.90 Å². The third-order valence-electron chi connectivity index (χ3n) is 4.20. The van der Waals surface area contributed by atoms with Gasteiger partial charge in [-0.1, -0.05) is 36.2 Å². The lowest BCUT2D eigenvalue weighted by atomic mass is 10.1. The van der Waals surface area contributed by atoms with Crippen LogP contribution in [0.1, 0.15) is 23.7 Å². The molecule has 2 unspecified atom stereocenters. The SMILES string of the molecule is CCC1(Br)NNC2CN(C(=O)c3cccc(Cl)c3Cl)CCN21. The lowest BCUT2D eigenvalue weighted by molar-refractivity contribution is 0.0432. The number of piperazine rings is 1. The second-order valence-electron chi connectivity index (χ2n) is 5.44. The lowest BCUT2D eigenvalue weighted by Gasteiger charge is -2.41. The minimum absolute atomic E-state index is 0.0648. The summed E-state index contributed by atoms with van der Waals surface area (Å²) < 4.78 is -0.249. The van der Waals surface area contributed by atoms with E-state index in [0.29, 0.717) is 28.7 Å². The molecule has 2 atom stereocenters. The maximum absolute atomic E-state index is 12.7. The van der Waals surface area contributed by atoms with Gasteiger partial charge in [0.1, 0.15) is 4.57 Å². The molecular formula is C14H17BrCl2N4O. The minimum atomic E-state index is -0.249. The fourth-order valence-corrected chi connectivity index (χ4v) is 3.83. The van der Waals surface area contributed by atoms with Crippen molar-refractivity contribution >= 4 is 45.0 Å². The highest BCUT2D eigenvalue weighted by molar-refractivity contribution is 9.10. The molecule has 2 N–H and O–H groups in total. The molecule has 0 aromatic heterocycles. The summed E-state index contributed by atoms with van der Waals surface area (Å²) >= 11 is 15.9. The molecule has 2 saturated heterocycles. The smallest absolute Gasteiger partial charge is 0.255 e. The maximum atomic E-state index is 12.7. The van der Waals surface area contributed by atoms with Gasteiger partial charge in [-0.15, -0.1) is 0 Å². The van der Waals surface area contributed by atoms with Crippen LogP contribution in [-0.2, 0) is 0 Å². The Balaban J connectivity index is 1.76. The number of nitrogens with one attached hydrogen (secondary N) is 2. The van der Waals surface area contributed by atoms with Crippen molar-refractivity contribution < 1.29 is 4.79 Å². The van der Waals surface area contributed by atoms with Gasteiger partial charge in [-0.25, -0.2) is 10.9 Å². The van der Waals surface area contributed by atoms with E-state index in [0.717, 1.165) is 13.0 Å².